The number of nitrogens with one attached hydrogen (secondary N) is 1. The Balaban J connectivity index is 1.79. The zero-order valence-electron chi connectivity index (χ0n) is 10.4. The van der Waals surface area contributed by atoms with Crippen LogP contribution >= 0.6 is 0 Å². The topological polar surface area (TPSA) is 46.9 Å². The van der Waals surface area contributed by atoms with Crippen LogP contribution in [0, 0.1) is 0 Å². The molecule has 1 atom stereocenters. The monoisotopic (exact) mass is 243 g/mol. The third-order valence-electron chi connectivity index (χ3n) is 2.85. The average Bonchev–Trinajstić information content (AvgIpc) is 2.91. The molecule has 0 aliphatic heterocycles. The van der Waals surface area contributed by atoms with E-state index in [1.54, 1.807) is 12.5 Å². The molecule has 0 saturated heterocycles. The van der Waals surface area contributed by atoms with Crippen molar-refractivity contribution in [3.05, 3.63) is 54.6 Å². The molecule has 94 valence electrons. The van der Waals surface area contributed by atoms with Gasteiger partial charge < -0.3 is 9.88 Å². The van der Waals surface area contributed by atoms with Crippen LogP contribution in [0.2, 0.25) is 0 Å². The number of hydrogen-bond donors (Lipinski definition) is 1. The maximum Gasteiger partial charge on any atom is 0.222 e. The molecule has 1 aromatic carbocycles. The second kappa shape index (κ2) is 6.00. The molecule has 0 fully saturated rings. The van der Waals surface area contributed by atoms with Crippen LogP contribution in [0.25, 0.3) is 0 Å². The largest absolute Gasteiger partial charge is 0.352 e. The number of carbonyl (C=O) groups is 1. The molecule has 4 heteroatoms. The van der Waals surface area contributed by atoms with Crippen LogP contribution in [0.5, 0.6) is 0 Å². The minimum atomic E-state index is 0.0556. The van der Waals surface area contributed by atoms with Gasteiger partial charge in [-0.2, -0.15) is 0 Å². The van der Waals surface area contributed by atoms with Gasteiger partial charge in [0.25, 0.3) is 0 Å². The molecule has 0 aliphatic rings. The zero-order valence-corrected chi connectivity index (χ0v) is 10.4. The molecular weight excluding hydrogens is 226 g/mol. The molecule has 1 aromatic heterocycles. The molecule has 1 N–H and O–H groups in total. The van der Waals surface area contributed by atoms with Crippen LogP contribution < -0.4 is 5.32 Å². The van der Waals surface area contributed by atoms with E-state index >= 15 is 0 Å². The van der Waals surface area contributed by atoms with Gasteiger partial charge in [0.05, 0.1) is 6.33 Å². The highest BCUT2D eigenvalue weighted by Crippen LogP contribution is 2.09. The molecule has 0 aliphatic carbocycles. The van der Waals surface area contributed by atoms with E-state index in [2.05, 4.69) is 10.3 Å². The fourth-order valence-electron chi connectivity index (χ4n) is 1.77. The molecular formula is C14H17N3O. The third-order valence-corrected chi connectivity index (χ3v) is 2.85. The van der Waals surface area contributed by atoms with Gasteiger partial charge in [0.15, 0.2) is 0 Å². The number of rotatable bonds is 5. The van der Waals surface area contributed by atoms with E-state index in [9.17, 15) is 4.79 Å². The van der Waals surface area contributed by atoms with Crippen molar-refractivity contribution in [2.75, 3.05) is 0 Å². The normalized spacial score (nSPS) is 12.1. The van der Waals surface area contributed by atoms with E-state index in [0.717, 1.165) is 5.56 Å². The predicted octanol–water partition coefficient (Wildman–Crippen LogP) is 2.15. The third kappa shape index (κ3) is 3.45. The van der Waals surface area contributed by atoms with E-state index in [-0.39, 0.29) is 11.9 Å². The highest BCUT2D eigenvalue weighted by Gasteiger charge is 2.09. The number of amides is 1. The Morgan fingerprint density at radius 1 is 1.39 bits per heavy atom. The van der Waals surface area contributed by atoms with Gasteiger partial charge in [0.2, 0.25) is 5.91 Å². The predicted molar refractivity (Wildman–Crippen MR) is 69.8 cm³/mol. The van der Waals surface area contributed by atoms with Gasteiger partial charge >= 0.3 is 0 Å². The second-order valence-electron chi connectivity index (χ2n) is 4.33. The van der Waals surface area contributed by atoms with Crippen molar-refractivity contribution in [3.8, 4) is 0 Å². The fourth-order valence-corrected chi connectivity index (χ4v) is 1.77. The molecule has 18 heavy (non-hydrogen) atoms. The molecule has 0 saturated carbocycles. The van der Waals surface area contributed by atoms with Crippen LogP contribution in [0.1, 0.15) is 24.9 Å². The summed E-state index contributed by atoms with van der Waals surface area (Å²) in [5.41, 5.74) is 1.11. The van der Waals surface area contributed by atoms with Crippen molar-refractivity contribution in [3.63, 3.8) is 0 Å². The molecule has 0 radical (unpaired) electrons. The van der Waals surface area contributed by atoms with E-state index in [0.29, 0.717) is 13.0 Å². The maximum absolute atomic E-state index is 11.8. The summed E-state index contributed by atoms with van der Waals surface area (Å²) in [5.74, 6) is 0.0556. The van der Waals surface area contributed by atoms with Gasteiger partial charge in [0, 0.05) is 31.4 Å². The number of carbonyl (C=O) groups excluding carboxylic acids is 1. The van der Waals surface area contributed by atoms with Gasteiger partial charge in [-0.05, 0) is 12.5 Å². The number of imidazole rings is 1. The SMILES string of the molecule is C[C@@H](CC(=O)NCc1ccccc1)n1ccnc1. The summed E-state index contributed by atoms with van der Waals surface area (Å²) in [7, 11) is 0. The number of benzene rings is 1. The van der Waals surface area contributed by atoms with Gasteiger partial charge in [-0.1, -0.05) is 30.3 Å². The summed E-state index contributed by atoms with van der Waals surface area (Å²) in [6.45, 7) is 2.58. The molecule has 1 heterocycles. The van der Waals surface area contributed by atoms with Gasteiger partial charge in [-0.15, -0.1) is 0 Å². The highest BCUT2D eigenvalue weighted by atomic mass is 16.1. The van der Waals surface area contributed by atoms with Gasteiger partial charge in [-0.3, -0.25) is 4.79 Å². The lowest BCUT2D eigenvalue weighted by Crippen LogP contribution is -2.25. The first kappa shape index (κ1) is 12.4. The van der Waals surface area contributed by atoms with Crippen LogP contribution in [-0.4, -0.2) is 15.5 Å². The zero-order chi connectivity index (χ0) is 12.8. The van der Waals surface area contributed by atoms with E-state index < -0.39 is 0 Å². The Hall–Kier alpha value is -2.10. The summed E-state index contributed by atoms with van der Waals surface area (Å²) in [6.07, 6.45) is 5.78. The quantitative estimate of drug-likeness (QED) is 0.874. The Kier molecular flexibility index (Phi) is 4.12. The van der Waals surface area contributed by atoms with Crippen molar-refractivity contribution in [2.45, 2.75) is 25.9 Å². The van der Waals surface area contributed by atoms with E-state index in [4.69, 9.17) is 0 Å². The van der Waals surface area contributed by atoms with Crippen LogP contribution in [-0.2, 0) is 11.3 Å². The molecule has 2 aromatic rings. The molecule has 1 amide bonds. The minimum absolute atomic E-state index is 0.0556. The molecule has 2 rings (SSSR count). The van der Waals surface area contributed by atoms with Crippen LogP contribution in [0.4, 0.5) is 0 Å². The first-order chi connectivity index (χ1) is 8.75. The van der Waals surface area contributed by atoms with Crippen molar-refractivity contribution < 1.29 is 4.79 Å². The van der Waals surface area contributed by atoms with E-state index in [1.165, 1.54) is 0 Å². The van der Waals surface area contributed by atoms with Crippen molar-refractivity contribution in [1.82, 2.24) is 14.9 Å². The van der Waals surface area contributed by atoms with Gasteiger partial charge in [0.1, 0.15) is 0 Å². The Morgan fingerprint density at radius 3 is 2.83 bits per heavy atom. The summed E-state index contributed by atoms with van der Waals surface area (Å²) in [6, 6.07) is 10.0. The summed E-state index contributed by atoms with van der Waals surface area (Å²) in [5, 5.41) is 2.92. The fraction of sp³-hybridized carbons (Fsp3) is 0.286. The number of hydrogen-bond acceptors (Lipinski definition) is 2. The molecule has 4 nitrogen and oxygen atoms in total. The highest BCUT2D eigenvalue weighted by molar-refractivity contribution is 5.76. The molecule has 0 spiro atoms. The van der Waals surface area contributed by atoms with Crippen molar-refractivity contribution in [1.29, 1.82) is 0 Å². The lowest BCUT2D eigenvalue weighted by Gasteiger charge is -2.12. The first-order valence-corrected chi connectivity index (χ1v) is 6.04. The maximum atomic E-state index is 11.8. The minimum Gasteiger partial charge on any atom is -0.352 e. The second-order valence-corrected chi connectivity index (χ2v) is 4.33. The van der Waals surface area contributed by atoms with Crippen LogP contribution in [0.3, 0.4) is 0 Å². The lowest BCUT2D eigenvalue weighted by molar-refractivity contribution is -0.121. The standard InChI is InChI=1S/C14H17N3O/c1-12(17-8-7-15-11-17)9-14(18)16-10-13-5-3-2-4-6-13/h2-8,11-12H,9-10H2,1H3,(H,16,18)/t12-/m0/s1. The molecule has 0 bridgehead atoms. The van der Waals surface area contributed by atoms with Crippen LogP contribution in [0.15, 0.2) is 49.1 Å². The first-order valence-electron chi connectivity index (χ1n) is 6.04. The van der Waals surface area contributed by atoms with Crippen molar-refractivity contribution in [2.24, 2.45) is 0 Å². The summed E-state index contributed by atoms with van der Waals surface area (Å²) >= 11 is 0. The number of aromatic nitrogens is 2. The Morgan fingerprint density at radius 2 is 2.17 bits per heavy atom. The van der Waals surface area contributed by atoms with Gasteiger partial charge in [-0.25, -0.2) is 4.98 Å². The average molecular weight is 243 g/mol. The lowest BCUT2D eigenvalue weighted by atomic mass is 10.2. The molecule has 0 unspecified atom stereocenters. The van der Waals surface area contributed by atoms with E-state index in [1.807, 2.05) is 48.0 Å². The number of nitrogens with zero attached hydrogens (tertiary/aromatic N) is 2. The summed E-state index contributed by atoms with van der Waals surface area (Å²) in [4.78, 5) is 15.8. The summed E-state index contributed by atoms with van der Waals surface area (Å²) < 4.78 is 1.93. The Labute approximate surface area is 107 Å². The smallest absolute Gasteiger partial charge is 0.222 e. The Bertz CT molecular complexity index is 479. The van der Waals surface area contributed by atoms with Crippen molar-refractivity contribution >= 4 is 5.91 Å².